The van der Waals surface area contributed by atoms with Crippen molar-refractivity contribution in [2.75, 3.05) is 18.5 Å². The minimum absolute atomic E-state index is 0.135. The number of hydrogen-bond donors (Lipinski definition) is 1. The first kappa shape index (κ1) is 15.0. The molecule has 1 aromatic carbocycles. The maximum atomic E-state index is 14.3. The van der Waals surface area contributed by atoms with Gasteiger partial charge < -0.3 is 10.2 Å². The van der Waals surface area contributed by atoms with Gasteiger partial charge >= 0.3 is 0 Å². The molecule has 0 aliphatic carbocycles. The van der Waals surface area contributed by atoms with Crippen molar-refractivity contribution in [2.45, 2.75) is 26.4 Å². The maximum absolute atomic E-state index is 14.3. The minimum atomic E-state index is -0.162. The normalized spacial score (nSPS) is 12.4. The molecule has 108 valence electrons. The first-order chi connectivity index (χ1) is 9.63. The second kappa shape index (κ2) is 6.86. The zero-order chi connectivity index (χ0) is 14.5. The van der Waals surface area contributed by atoms with Crippen LogP contribution in [-0.4, -0.2) is 13.6 Å². The summed E-state index contributed by atoms with van der Waals surface area (Å²) in [4.78, 5) is 1.99. The molecule has 1 aromatic heterocycles. The molecule has 0 bridgehead atoms. The summed E-state index contributed by atoms with van der Waals surface area (Å²) in [6.07, 6.45) is 0. The van der Waals surface area contributed by atoms with Gasteiger partial charge in [-0.2, -0.15) is 11.3 Å². The van der Waals surface area contributed by atoms with Gasteiger partial charge in [0, 0.05) is 19.6 Å². The first-order valence-corrected chi connectivity index (χ1v) is 7.81. The van der Waals surface area contributed by atoms with E-state index in [0.29, 0.717) is 5.69 Å². The van der Waals surface area contributed by atoms with E-state index in [-0.39, 0.29) is 11.9 Å². The molecule has 1 N–H and O–H groups in total. The summed E-state index contributed by atoms with van der Waals surface area (Å²) < 4.78 is 14.3. The Labute approximate surface area is 124 Å². The lowest BCUT2D eigenvalue weighted by Gasteiger charge is -2.25. The highest BCUT2D eigenvalue weighted by atomic mass is 32.1. The van der Waals surface area contributed by atoms with Crippen molar-refractivity contribution in [3.8, 4) is 0 Å². The average molecular weight is 292 g/mol. The number of nitrogens with one attached hydrogen (secondary N) is 1. The van der Waals surface area contributed by atoms with Crippen molar-refractivity contribution < 1.29 is 4.39 Å². The van der Waals surface area contributed by atoms with Gasteiger partial charge in [0.1, 0.15) is 5.82 Å². The molecule has 0 spiro atoms. The van der Waals surface area contributed by atoms with E-state index in [1.165, 1.54) is 11.6 Å². The standard InChI is InChI=1S/C16H21FN2S/c1-4-18-12(2)14-6-5-7-15(17)16(14)19(3)10-13-8-9-20-11-13/h5-9,11-12,18H,4,10H2,1-3H3. The molecule has 20 heavy (non-hydrogen) atoms. The largest absolute Gasteiger partial charge is 0.368 e. The lowest BCUT2D eigenvalue weighted by molar-refractivity contribution is 0.579. The summed E-state index contributed by atoms with van der Waals surface area (Å²) in [5.74, 6) is -0.162. The fourth-order valence-corrected chi connectivity index (χ4v) is 3.10. The van der Waals surface area contributed by atoms with Crippen molar-refractivity contribution in [1.82, 2.24) is 5.32 Å². The highest BCUT2D eigenvalue weighted by Gasteiger charge is 2.17. The van der Waals surface area contributed by atoms with Gasteiger partial charge in [0.2, 0.25) is 0 Å². The molecule has 0 amide bonds. The summed E-state index contributed by atoms with van der Waals surface area (Å²) in [5, 5.41) is 7.50. The number of halogens is 1. The van der Waals surface area contributed by atoms with Crippen LogP contribution in [0, 0.1) is 5.82 Å². The third-order valence-corrected chi connectivity index (χ3v) is 4.11. The Bertz CT molecular complexity index is 539. The van der Waals surface area contributed by atoms with E-state index in [0.717, 1.165) is 18.7 Å². The monoisotopic (exact) mass is 292 g/mol. The highest BCUT2D eigenvalue weighted by Crippen LogP contribution is 2.29. The molecule has 0 aliphatic heterocycles. The average Bonchev–Trinajstić information content (AvgIpc) is 2.91. The van der Waals surface area contributed by atoms with Crippen LogP contribution in [0.15, 0.2) is 35.0 Å². The summed E-state index contributed by atoms with van der Waals surface area (Å²) >= 11 is 1.67. The Morgan fingerprint density at radius 3 is 2.80 bits per heavy atom. The van der Waals surface area contributed by atoms with E-state index in [4.69, 9.17) is 0 Å². The van der Waals surface area contributed by atoms with Gasteiger partial charge in [0.05, 0.1) is 5.69 Å². The number of para-hydroxylation sites is 1. The van der Waals surface area contributed by atoms with E-state index in [2.05, 4.69) is 30.6 Å². The summed E-state index contributed by atoms with van der Waals surface area (Å²) in [6, 6.07) is 7.52. The van der Waals surface area contributed by atoms with E-state index >= 15 is 0 Å². The zero-order valence-corrected chi connectivity index (χ0v) is 13.0. The first-order valence-electron chi connectivity index (χ1n) is 6.87. The number of thiophene rings is 1. The number of hydrogen-bond acceptors (Lipinski definition) is 3. The Hall–Kier alpha value is -1.39. The van der Waals surface area contributed by atoms with Gasteiger partial charge in [0.25, 0.3) is 0 Å². The van der Waals surface area contributed by atoms with Crippen molar-refractivity contribution in [3.63, 3.8) is 0 Å². The molecule has 2 rings (SSSR count). The quantitative estimate of drug-likeness (QED) is 0.858. The summed E-state index contributed by atoms with van der Waals surface area (Å²) in [7, 11) is 1.94. The van der Waals surface area contributed by atoms with E-state index in [9.17, 15) is 4.39 Å². The van der Waals surface area contributed by atoms with Gasteiger partial charge in [0.15, 0.2) is 0 Å². The SMILES string of the molecule is CCNC(C)c1cccc(F)c1N(C)Cc1ccsc1. The molecule has 0 saturated carbocycles. The molecule has 1 atom stereocenters. The fourth-order valence-electron chi connectivity index (χ4n) is 2.44. The molecule has 1 unspecified atom stereocenters. The number of rotatable bonds is 6. The van der Waals surface area contributed by atoms with Gasteiger partial charge in [-0.05, 0) is 47.5 Å². The summed E-state index contributed by atoms with van der Waals surface area (Å²) in [6.45, 7) is 5.71. The third kappa shape index (κ3) is 3.38. The van der Waals surface area contributed by atoms with E-state index in [1.54, 1.807) is 17.4 Å². The van der Waals surface area contributed by atoms with Crippen LogP contribution in [0.5, 0.6) is 0 Å². The van der Waals surface area contributed by atoms with Gasteiger partial charge in [-0.3, -0.25) is 0 Å². The zero-order valence-electron chi connectivity index (χ0n) is 12.2. The van der Waals surface area contributed by atoms with Crippen LogP contribution in [0.3, 0.4) is 0 Å². The van der Waals surface area contributed by atoms with Gasteiger partial charge in [-0.25, -0.2) is 4.39 Å². The summed E-state index contributed by atoms with van der Waals surface area (Å²) in [5.41, 5.74) is 2.90. The number of benzene rings is 1. The molecule has 0 radical (unpaired) electrons. The molecule has 2 aromatic rings. The fraction of sp³-hybridized carbons (Fsp3) is 0.375. The Balaban J connectivity index is 2.29. The Morgan fingerprint density at radius 2 is 2.15 bits per heavy atom. The second-order valence-electron chi connectivity index (χ2n) is 4.94. The molecule has 4 heteroatoms. The molecule has 0 saturated heterocycles. The predicted octanol–water partition coefficient (Wildman–Crippen LogP) is 4.19. The smallest absolute Gasteiger partial charge is 0.146 e. The molecule has 0 fully saturated rings. The van der Waals surface area contributed by atoms with Crippen molar-refractivity contribution in [2.24, 2.45) is 0 Å². The van der Waals surface area contributed by atoms with Crippen LogP contribution in [0.2, 0.25) is 0 Å². The molecular weight excluding hydrogens is 271 g/mol. The number of anilines is 1. The highest BCUT2D eigenvalue weighted by molar-refractivity contribution is 7.07. The van der Waals surface area contributed by atoms with E-state index in [1.807, 2.05) is 23.4 Å². The topological polar surface area (TPSA) is 15.3 Å². The van der Waals surface area contributed by atoms with Crippen LogP contribution in [0.4, 0.5) is 10.1 Å². The van der Waals surface area contributed by atoms with Crippen LogP contribution in [0.1, 0.15) is 31.0 Å². The lowest BCUT2D eigenvalue weighted by Crippen LogP contribution is -2.24. The Morgan fingerprint density at radius 1 is 1.35 bits per heavy atom. The van der Waals surface area contributed by atoms with Gasteiger partial charge in [-0.1, -0.05) is 19.1 Å². The van der Waals surface area contributed by atoms with E-state index < -0.39 is 0 Å². The maximum Gasteiger partial charge on any atom is 0.146 e. The molecule has 0 aliphatic rings. The van der Waals surface area contributed by atoms with Crippen molar-refractivity contribution in [1.29, 1.82) is 0 Å². The van der Waals surface area contributed by atoms with Crippen LogP contribution < -0.4 is 10.2 Å². The van der Waals surface area contributed by atoms with Crippen molar-refractivity contribution in [3.05, 3.63) is 52.0 Å². The molecule has 1 heterocycles. The van der Waals surface area contributed by atoms with Gasteiger partial charge in [-0.15, -0.1) is 0 Å². The van der Waals surface area contributed by atoms with Crippen LogP contribution in [0.25, 0.3) is 0 Å². The van der Waals surface area contributed by atoms with Crippen LogP contribution in [-0.2, 0) is 6.54 Å². The third-order valence-electron chi connectivity index (χ3n) is 3.38. The van der Waals surface area contributed by atoms with Crippen LogP contribution >= 0.6 is 11.3 Å². The number of nitrogens with zero attached hydrogens (tertiary/aromatic N) is 1. The lowest BCUT2D eigenvalue weighted by atomic mass is 10.0. The van der Waals surface area contributed by atoms with Crippen molar-refractivity contribution >= 4 is 17.0 Å². The molecular formula is C16H21FN2S. The predicted molar refractivity (Wildman–Crippen MR) is 84.9 cm³/mol. The second-order valence-corrected chi connectivity index (χ2v) is 5.72. The molecule has 2 nitrogen and oxygen atoms in total. The Kier molecular flexibility index (Phi) is 5.15. The minimum Gasteiger partial charge on any atom is -0.368 e.